The van der Waals surface area contributed by atoms with Crippen LogP contribution in [0.25, 0.3) is 0 Å². The molecule has 1 aliphatic carbocycles. The second-order valence-corrected chi connectivity index (χ2v) is 4.98. The topological polar surface area (TPSA) is 12.0 Å². The van der Waals surface area contributed by atoms with Gasteiger partial charge in [-0.25, -0.2) is 0 Å². The van der Waals surface area contributed by atoms with Crippen LogP contribution < -0.4 is 5.32 Å². The van der Waals surface area contributed by atoms with Gasteiger partial charge in [0.25, 0.3) is 0 Å². The van der Waals surface area contributed by atoms with Crippen LogP contribution >= 0.6 is 0 Å². The fourth-order valence-electron chi connectivity index (χ4n) is 3.33. The molecule has 3 rings (SSSR count). The summed E-state index contributed by atoms with van der Waals surface area (Å²) >= 11 is 0. The quantitative estimate of drug-likeness (QED) is 0.680. The minimum Gasteiger partial charge on any atom is -0.307 e. The summed E-state index contributed by atoms with van der Waals surface area (Å²) in [6, 6.07) is 9.03. The third-order valence-corrected chi connectivity index (χ3v) is 4.08. The van der Waals surface area contributed by atoms with Crippen molar-refractivity contribution in [3.05, 3.63) is 35.4 Å². The van der Waals surface area contributed by atoms with Crippen LogP contribution in [0.3, 0.4) is 0 Å². The molecular weight excluding hydrogens is 182 g/mol. The van der Waals surface area contributed by atoms with Crippen LogP contribution in [-0.2, 0) is 12.0 Å². The third-order valence-electron chi connectivity index (χ3n) is 4.08. The highest BCUT2D eigenvalue weighted by atomic mass is 15.0. The maximum atomic E-state index is 3.79. The highest BCUT2D eigenvalue weighted by Gasteiger charge is 2.36. The first-order chi connectivity index (χ1) is 7.41. The number of hydrogen-bond acceptors (Lipinski definition) is 1. The average molecular weight is 201 g/mol. The van der Waals surface area contributed by atoms with Crippen molar-refractivity contribution in [2.75, 3.05) is 6.54 Å². The fourth-order valence-corrected chi connectivity index (χ4v) is 3.33. The fraction of sp³-hybridized carbons (Fsp3) is 0.571. The number of piperidine rings is 1. The molecule has 1 aromatic carbocycles. The van der Waals surface area contributed by atoms with Gasteiger partial charge in [-0.3, -0.25) is 0 Å². The smallest absolute Gasteiger partial charge is 0.0437 e. The third kappa shape index (κ3) is 1.50. The molecule has 0 bridgehead atoms. The molecule has 0 saturated carbocycles. The maximum absolute atomic E-state index is 3.79. The molecule has 0 aromatic heterocycles. The molecule has 1 spiro atoms. The first kappa shape index (κ1) is 9.41. The molecule has 1 saturated heterocycles. The van der Waals surface area contributed by atoms with E-state index < -0.39 is 0 Å². The first-order valence-electron chi connectivity index (χ1n) is 6.24. The molecule has 1 N–H and O–H groups in total. The lowest BCUT2D eigenvalue weighted by atomic mass is 9.72. The van der Waals surface area contributed by atoms with Crippen molar-refractivity contribution in [3.63, 3.8) is 0 Å². The van der Waals surface area contributed by atoms with Crippen molar-refractivity contribution >= 4 is 0 Å². The Labute approximate surface area is 91.9 Å². The van der Waals surface area contributed by atoms with Gasteiger partial charge in [-0.05, 0) is 49.8 Å². The Morgan fingerprint density at radius 2 is 1.87 bits per heavy atom. The van der Waals surface area contributed by atoms with Crippen LogP contribution in [0, 0.1) is 0 Å². The van der Waals surface area contributed by atoms with Gasteiger partial charge in [0.2, 0.25) is 0 Å². The lowest BCUT2D eigenvalue weighted by molar-refractivity contribution is 0.223. The van der Waals surface area contributed by atoms with Gasteiger partial charge in [-0.15, -0.1) is 0 Å². The van der Waals surface area contributed by atoms with Gasteiger partial charge in [0.1, 0.15) is 0 Å². The van der Waals surface area contributed by atoms with E-state index in [1.54, 1.807) is 11.1 Å². The lowest BCUT2D eigenvalue weighted by Crippen LogP contribution is -2.47. The Balaban J connectivity index is 2.04. The van der Waals surface area contributed by atoms with E-state index in [0.717, 1.165) is 0 Å². The predicted molar refractivity (Wildman–Crippen MR) is 62.9 cm³/mol. The zero-order chi connectivity index (χ0) is 10.1. The van der Waals surface area contributed by atoms with Gasteiger partial charge < -0.3 is 5.32 Å². The standard InChI is InChI=1S/C14H19N/c1-2-8-13-12(6-1)7-5-10-14(13)9-3-4-11-15-14/h1-2,6,8,15H,3-5,7,9-11H2. The van der Waals surface area contributed by atoms with Crippen molar-refractivity contribution in [2.24, 2.45) is 0 Å². The molecule has 0 amide bonds. The van der Waals surface area contributed by atoms with Crippen molar-refractivity contribution in [2.45, 2.75) is 44.1 Å². The number of nitrogens with one attached hydrogen (secondary N) is 1. The summed E-state index contributed by atoms with van der Waals surface area (Å²) in [5.41, 5.74) is 3.52. The van der Waals surface area contributed by atoms with Crippen molar-refractivity contribution in [1.82, 2.24) is 5.32 Å². The van der Waals surface area contributed by atoms with Crippen molar-refractivity contribution in [1.29, 1.82) is 0 Å². The Bertz CT molecular complexity index is 350. The van der Waals surface area contributed by atoms with E-state index in [4.69, 9.17) is 0 Å². The van der Waals surface area contributed by atoms with Crippen molar-refractivity contribution in [3.8, 4) is 0 Å². The van der Waals surface area contributed by atoms with E-state index in [9.17, 15) is 0 Å². The molecule has 1 heteroatoms. The normalized spacial score (nSPS) is 30.1. The average Bonchev–Trinajstić information content (AvgIpc) is 2.31. The van der Waals surface area contributed by atoms with Crippen LogP contribution in [0.1, 0.15) is 43.2 Å². The molecule has 1 atom stereocenters. The van der Waals surface area contributed by atoms with E-state index in [1.165, 1.54) is 45.1 Å². The van der Waals surface area contributed by atoms with Gasteiger partial charge in [-0.1, -0.05) is 30.7 Å². The second kappa shape index (κ2) is 3.64. The van der Waals surface area contributed by atoms with E-state index in [1.807, 2.05) is 0 Å². The van der Waals surface area contributed by atoms with E-state index in [0.29, 0.717) is 5.54 Å². The molecule has 1 aromatic rings. The SMILES string of the molecule is c1ccc2c(c1)CCCC21CCCCN1. The number of benzene rings is 1. The number of hydrogen-bond donors (Lipinski definition) is 1. The Hall–Kier alpha value is -0.820. The van der Waals surface area contributed by atoms with E-state index >= 15 is 0 Å². The summed E-state index contributed by atoms with van der Waals surface area (Å²) in [4.78, 5) is 0. The molecule has 1 heterocycles. The van der Waals surface area contributed by atoms with Gasteiger partial charge in [-0.2, -0.15) is 0 Å². The molecule has 15 heavy (non-hydrogen) atoms. The highest BCUT2D eigenvalue weighted by Crippen LogP contribution is 2.40. The summed E-state index contributed by atoms with van der Waals surface area (Å²) in [6.07, 6.45) is 8.04. The van der Waals surface area contributed by atoms with Crippen molar-refractivity contribution < 1.29 is 0 Å². The summed E-state index contributed by atoms with van der Waals surface area (Å²) in [5.74, 6) is 0. The molecule has 1 fully saturated rings. The van der Waals surface area contributed by atoms with Crippen LogP contribution in [0.4, 0.5) is 0 Å². The zero-order valence-electron chi connectivity index (χ0n) is 9.26. The summed E-state index contributed by atoms with van der Waals surface area (Å²) in [7, 11) is 0. The Morgan fingerprint density at radius 3 is 2.73 bits per heavy atom. The number of rotatable bonds is 0. The monoisotopic (exact) mass is 201 g/mol. The zero-order valence-corrected chi connectivity index (χ0v) is 9.26. The van der Waals surface area contributed by atoms with Gasteiger partial charge in [0.15, 0.2) is 0 Å². The molecule has 1 aliphatic heterocycles. The Morgan fingerprint density at radius 1 is 1.00 bits per heavy atom. The molecule has 2 aliphatic rings. The number of fused-ring (bicyclic) bond motifs is 2. The molecular formula is C14H19N. The van der Waals surface area contributed by atoms with E-state index in [2.05, 4.69) is 29.6 Å². The number of aryl methyl sites for hydroxylation is 1. The second-order valence-electron chi connectivity index (χ2n) is 4.98. The molecule has 1 unspecified atom stereocenters. The summed E-state index contributed by atoms with van der Waals surface area (Å²) in [5, 5.41) is 3.79. The lowest BCUT2D eigenvalue weighted by Gasteiger charge is -2.43. The predicted octanol–water partition coefficient (Wildman–Crippen LogP) is 2.99. The molecule has 1 nitrogen and oxygen atoms in total. The minimum atomic E-state index is 0.340. The van der Waals surface area contributed by atoms with Crippen LogP contribution in [0.2, 0.25) is 0 Å². The van der Waals surface area contributed by atoms with Gasteiger partial charge in [0.05, 0.1) is 0 Å². The summed E-state index contributed by atoms with van der Waals surface area (Å²) in [6.45, 7) is 1.20. The first-order valence-corrected chi connectivity index (χ1v) is 6.24. The maximum Gasteiger partial charge on any atom is 0.0437 e. The van der Waals surface area contributed by atoms with E-state index in [-0.39, 0.29) is 0 Å². The van der Waals surface area contributed by atoms with Crippen LogP contribution in [0.5, 0.6) is 0 Å². The highest BCUT2D eigenvalue weighted by molar-refractivity contribution is 5.36. The minimum absolute atomic E-state index is 0.340. The summed E-state index contributed by atoms with van der Waals surface area (Å²) < 4.78 is 0. The Kier molecular flexibility index (Phi) is 2.28. The molecule has 0 radical (unpaired) electrons. The van der Waals surface area contributed by atoms with Crippen LogP contribution in [0.15, 0.2) is 24.3 Å². The van der Waals surface area contributed by atoms with Gasteiger partial charge in [0, 0.05) is 5.54 Å². The molecule has 80 valence electrons. The largest absolute Gasteiger partial charge is 0.307 e. The van der Waals surface area contributed by atoms with Gasteiger partial charge >= 0.3 is 0 Å². The van der Waals surface area contributed by atoms with Crippen LogP contribution in [-0.4, -0.2) is 6.54 Å².